The van der Waals surface area contributed by atoms with Crippen molar-refractivity contribution in [2.24, 2.45) is 0 Å². The van der Waals surface area contributed by atoms with Crippen molar-refractivity contribution in [3.63, 3.8) is 0 Å². The molecule has 9 heteroatoms. The molecular weight excluding hydrogens is 400 g/mol. The van der Waals surface area contributed by atoms with Crippen molar-refractivity contribution in [2.75, 3.05) is 11.9 Å². The van der Waals surface area contributed by atoms with E-state index in [4.69, 9.17) is 0 Å². The van der Waals surface area contributed by atoms with Gasteiger partial charge >= 0.3 is 0 Å². The number of hydrogen-bond donors (Lipinski definition) is 2. The molecule has 0 unspecified atom stereocenters. The van der Waals surface area contributed by atoms with E-state index in [0.717, 1.165) is 38.2 Å². The zero-order valence-electron chi connectivity index (χ0n) is 15.7. The number of aromatic amines is 1. The number of anilines is 1. The van der Waals surface area contributed by atoms with Gasteiger partial charge < -0.3 is 10.3 Å². The van der Waals surface area contributed by atoms with E-state index in [9.17, 15) is 10.1 Å². The number of hydrogen-bond acceptors (Lipinski definition) is 7. The molecule has 8 nitrogen and oxygen atoms in total. The summed E-state index contributed by atoms with van der Waals surface area (Å²) >= 11 is 1.49. The average Bonchev–Trinajstić information content (AvgIpc) is 3.38. The van der Waals surface area contributed by atoms with Gasteiger partial charge in [0.2, 0.25) is 0 Å². The second-order valence-corrected chi connectivity index (χ2v) is 7.59. The van der Waals surface area contributed by atoms with E-state index < -0.39 is 0 Å². The highest BCUT2D eigenvalue weighted by Crippen LogP contribution is 2.37. The van der Waals surface area contributed by atoms with E-state index in [2.05, 4.69) is 25.3 Å². The van der Waals surface area contributed by atoms with Gasteiger partial charge in [0.15, 0.2) is 0 Å². The lowest BCUT2D eigenvalue weighted by Gasteiger charge is -2.08. The van der Waals surface area contributed by atoms with E-state index in [-0.39, 0.29) is 10.6 Å². The van der Waals surface area contributed by atoms with Crippen LogP contribution in [0.2, 0.25) is 0 Å². The van der Waals surface area contributed by atoms with Crippen LogP contribution in [-0.2, 0) is 6.42 Å². The molecule has 3 aromatic heterocycles. The fourth-order valence-electron chi connectivity index (χ4n) is 3.43. The van der Waals surface area contributed by atoms with Gasteiger partial charge in [0.05, 0.1) is 21.3 Å². The minimum absolute atomic E-state index is 0.0584. The highest BCUT2D eigenvalue weighted by atomic mass is 32.1. The van der Waals surface area contributed by atoms with Crippen LogP contribution in [0.25, 0.3) is 32.4 Å². The zero-order valence-corrected chi connectivity index (χ0v) is 16.5. The first-order valence-corrected chi connectivity index (χ1v) is 10.2. The lowest BCUT2D eigenvalue weighted by Crippen LogP contribution is -2.07. The lowest BCUT2D eigenvalue weighted by atomic mass is 10.1. The number of nitro benzene ring substituents is 1. The van der Waals surface area contributed by atoms with Crippen LogP contribution in [0.15, 0.2) is 60.2 Å². The Kier molecular flexibility index (Phi) is 4.56. The molecule has 30 heavy (non-hydrogen) atoms. The van der Waals surface area contributed by atoms with Gasteiger partial charge in [-0.15, -0.1) is 11.3 Å². The number of nitro groups is 1. The number of non-ortho nitro benzene ring substituents is 1. The molecule has 0 fully saturated rings. The van der Waals surface area contributed by atoms with Crippen molar-refractivity contribution in [1.29, 1.82) is 0 Å². The quantitative estimate of drug-likeness (QED) is 0.304. The first kappa shape index (κ1) is 18.2. The Hall–Kier alpha value is -3.85. The van der Waals surface area contributed by atoms with Gasteiger partial charge in [-0.05, 0) is 17.7 Å². The normalized spacial score (nSPS) is 11.2. The molecule has 0 saturated heterocycles. The maximum Gasteiger partial charge on any atom is 0.270 e. The molecule has 0 spiro atoms. The van der Waals surface area contributed by atoms with Crippen LogP contribution in [0.3, 0.4) is 0 Å². The van der Waals surface area contributed by atoms with Gasteiger partial charge in [-0.1, -0.05) is 24.3 Å². The summed E-state index contributed by atoms with van der Waals surface area (Å²) in [5, 5.41) is 17.4. The third-order valence-electron chi connectivity index (χ3n) is 4.83. The fraction of sp³-hybridized carbons (Fsp3) is 0.0952. The van der Waals surface area contributed by atoms with Gasteiger partial charge in [0.1, 0.15) is 22.8 Å². The number of aromatic nitrogens is 4. The molecule has 148 valence electrons. The molecule has 0 aliphatic rings. The standard InChI is InChI=1S/C21H16N6O2S/c28-27(29)14-5-3-4-13(10-14)15-11-30-21-19(15)20(23-12-24-21)22-9-8-18-25-16-6-1-2-7-17(16)26-18/h1-7,10-12H,8-9H2,(H,25,26)(H,22,23,24). The summed E-state index contributed by atoms with van der Waals surface area (Å²) in [5.41, 5.74) is 3.67. The molecule has 0 aliphatic carbocycles. The molecule has 5 aromatic rings. The molecule has 0 bridgehead atoms. The first-order chi connectivity index (χ1) is 14.7. The van der Waals surface area contributed by atoms with Gasteiger partial charge in [0, 0.05) is 36.0 Å². The summed E-state index contributed by atoms with van der Waals surface area (Å²) in [4.78, 5) is 28.3. The smallest absolute Gasteiger partial charge is 0.270 e. The van der Waals surface area contributed by atoms with Crippen molar-refractivity contribution in [1.82, 2.24) is 19.9 Å². The molecule has 2 aromatic carbocycles. The Balaban J connectivity index is 1.42. The number of para-hydroxylation sites is 2. The largest absolute Gasteiger partial charge is 0.369 e. The van der Waals surface area contributed by atoms with Crippen LogP contribution in [-0.4, -0.2) is 31.4 Å². The van der Waals surface area contributed by atoms with Crippen molar-refractivity contribution >= 4 is 44.1 Å². The number of H-pyrrole nitrogens is 1. The van der Waals surface area contributed by atoms with E-state index in [1.54, 1.807) is 12.1 Å². The predicted molar refractivity (Wildman–Crippen MR) is 118 cm³/mol. The molecule has 0 amide bonds. The van der Waals surface area contributed by atoms with Gasteiger partial charge in [-0.25, -0.2) is 15.0 Å². The average molecular weight is 416 g/mol. The predicted octanol–water partition coefficient (Wildman–Crippen LogP) is 4.80. The van der Waals surface area contributed by atoms with E-state index in [1.807, 2.05) is 35.7 Å². The monoisotopic (exact) mass is 416 g/mol. The summed E-state index contributed by atoms with van der Waals surface area (Å²) in [6.45, 7) is 0.635. The van der Waals surface area contributed by atoms with Crippen LogP contribution in [0.1, 0.15) is 5.82 Å². The summed E-state index contributed by atoms with van der Waals surface area (Å²) in [6.07, 6.45) is 2.23. The topological polar surface area (TPSA) is 110 Å². The third kappa shape index (κ3) is 3.35. The molecule has 0 aliphatic heterocycles. The number of fused-ring (bicyclic) bond motifs is 2. The first-order valence-electron chi connectivity index (χ1n) is 9.33. The maximum atomic E-state index is 11.2. The molecular formula is C21H16N6O2S. The Morgan fingerprint density at radius 1 is 1.13 bits per heavy atom. The summed E-state index contributed by atoms with van der Waals surface area (Å²) in [5.74, 6) is 1.61. The van der Waals surface area contributed by atoms with Gasteiger partial charge in [-0.2, -0.15) is 0 Å². The van der Waals surface area contributed by atoms with Crippen LogP contribution >= 0.6 is 11.3 Å². The minimum Gasteiger partial charge on any atom is -0.369 e. The Bertz CT molecular complexity index is 1340. The maximum absolute atomic E-state index is 11.2. The van der Waals surface area contributed by atoms with E-state index in [0.29, 0.717) is 18.8 Å². The summed E-state index contributed by atoms with van der Waals surface area (Å²) in [7, 11) is 0. The summed E-state index contributed by atoms with van der Waals surface area (Å²) in [6, 6.07) is 14.5. The molecule has 2 N–H and O–H groups in total. The highest BCUT2D eigenvalue weighted by Gasteiger charge is 2.15. The Morgan fingerprint density at radius 2 is 2.03 bits per heavy atom. The van der Waals surface area contributed by atoms with Crippen molar-refractivity contribution in [2.45, 2.75) is 6.42 Å². The van der Waals surface area contributed by atoms with E-state index >= 15 is 0 Å². The highest BCUT2D eigenvalue weighted by molar-refractivity contribution is 7.17. The zero-order chi connectivity index (χ0) is 20.5. The van der Waals surface area contributed by atoms with E-state index in [1.165, 1.54) is 23.7 Å². The molecule has 0 saturated carbocycles. The minimum atomic E-state index is -0.388. The fourth-order valence-corrected chi connectivity index (χ4v) is 4.35. The van der Waals surface area contributed by atoms with Crippen LogP contribution < -0.4 is 5.32 Å². The number of nitrogens with zero attached hydrogens (tertiary/aromatic N) is 4. The lowest BCUT2D eigenvalue weighted by molar-refractivity contribution is -0.384. The Labute approximate surface area is 174 Å². The Morgan fingerprint density at radius 3 is 2.90 bits per heavy atom. The second kappa shape index (κ2) is 7.53. The van der Waals surface area contributed by atoms with Crippen LogP contribution in [0, 0.1) is 10.1 Å². The third-order valence-corrected chi connectivity index (χ3v) is 5.72. The van der Waals surface area contributed by atoms with Crippen LogP contribution in [0.5, 0.6) is 0 Å². The molecule has 0 radical (unpaired) electrons. The number of rotatable bonds is 6. The van der Waals surface area contributed by atoms with Crippen LogP contribution in [0.4, 0.5) is 11.5 Å². The van der Waals surface area contributed by atoms with Crippen molar-refractivity contribution in [3.05, 3.63) is 76.2 Å². The van der Waals surface area contributed by atoms with Gasteiger partial charge in [0.25, 0.3) is 5.69 Å². The number of nitrogens with one attached hydrogen (secondary N) is 2. The SMILES string of the molecule is O=[N+]([O-])c1cccc(-c2csc3ncnc(NCCc4nc5ccccc5[nH]4)c23)c1. The van der Waals surface area contributed by atoms with Crippen molar-refractivity contribution in [3.8, 4) is 11.1 Å². The second-order valence-electron chi connectivity index (χ2n) is 6.74. The molecule has 0 atom stereocenters. The number of thiophene rings is 1. The molecule has 3 heterocycles. The van der Waals surface area contributed by atoms with Gasteiger partial charge in [-0.3, -0.25) is 10.1 Å². The number of imidazole rings is 1. The number of benzene rings is 2. The summed E-state index contributed by atoms with van der Waals surface area (Å²) < 4.78 is 0. The molecule has 5 rings (SSSR count). The van der Waals surface area contributed by atoms with Crippen molar-refractivity contribution < 1.29 is 4.92 Å².